The first-order chi connectivity index (χ1) is 14.5. The fourth-order valence-corrected chi connectivity index (χ4v) is 6.13. The van der Waals surface area contributed by atoms with Crippen molar-refractivity contribution < 1.29 is 4.79 Å². The highest BCUT2D eigenvalue weighted by molar-refractivity contribution is 6.02. The molecule has 3 fully saturated rings. The third-order valence-corrected chi connectivity index (χ3v) is 7.58. The lowest BCUT2D eigenvalue weighted by Crippen LogP contribution is -2.29. The summed E-state index contributed by atoms with van der Waals surface area (Å²) >= 11 is 0. The quantitative estimate of drug-likeness (QED) is 0.777. The highest BCUT2D eigenvalue weighted by Crippen LogP contribution is 2.43. The van der Waals surface area contributed by atoms with Crippen molar-refractivity contribution in [1.82, 2.24) is 4.98 Å². The van der Waals surface area contributed by atoms with Gasteiger partial charge < -0.3 is 16.0 Å². The molecule has 160 valence electrons. The van der Waals surface area contributed by atoms with Crippen molar-refractivity contribution in [1.29, 1.82) is 0 Å². The summed E-state index contributed by atoms with van der Waals surface area (Å²) in [4.78, 5) is 20.1. The van der Waals surface area contributed by atoms with Crippen LogP contribution in [0.2, 0.25) is 0 Å². The Kier molecular flexibility index (Phi) is 5.40. The summed E-state index contributed by atoms with van der Waals surface area (Å²) < 4.78 is 0. The molecule has 1 saturated heterocycles. The van der Waals surface area contributed by atoms with E-state index in [-0.39, 0.29) is 11.9 Å². The zero-order valence-corrected chi connectivity index (χ0v) is 18.1. The Labute approximate surface area is 179 Å². The van der Waals surface area contributed by atoms with E-state index in [4.69, 9.17) is 10.7 Å². The highest BCUT2D eigenvalue weighted by atomic mass is 16.1. The van der Waals surface area contributed by atoms with Gasteiger partial charge in [-0.1, -0.05) is 25.3 Å². The molecule has 2 heterocycles. The molecule has 1 aromatic heterocycles. The summed E-state index contributed by atoms with van der Waals surface area (Å²) in [5.74, 6) is 3.40. The maximum Gasteiger partial charge on any atom is 0.224 e. The molecule has 3 aliphatic rings. The average Bonchev–Trinajstić information content (AvgIpc) is 3.16. The van der Waals surface area contributed by atoms with E-state index >= 15 is 0 Å². The average molecular weight is 407 g/mol. The van der Waals surface area contributed by atoms with Gasteiger partial charge in [-0.05, 0) is 74.1 Å². The first-order valence-electron chi connectivity index (χ1n) is 11.8. The van der Waals surface area contributed by atoms with E-state index in [1.165, 1.54) is 38.5 Å². The van der Waals surface area contributed by atoms with Crippen LogP contribution in [0.3, 0.4) is 0 Å². The predicted octanol–water partition coefficient (Wildman–Crippen LogP) is 4.63. The van der Waals surface area contributed by atoms with Crippen LogP contribution in [0.15, 0.2) is 24.3 Å². The molecule has 3 atom stereocenters. The van der Waals surface area contributed by atoms with Crippen LogP contribution in [-0.2, 0) is 4.79 Å². The Balaban J connectivity index is 1.32. The third kappa shape index (κ3) is 4.04. The van der Waals surface area contributed by atoms with Crippen LogP contribution in [0.5, 0.6) is 0 Å². The number of aryl methyl sites for hydroxylation is 1. The molecule has 2 aromatic rings. The first-order valence-corrected chi connectivity index (χ1v) is 11.8. The number of nitrogens with two attached hydrogens (primary N) is 1. The maximum absolute atomic E-state index is 13.0. The fraction of sp³-hybridized carbons (Fsp3) is 0.600. The summed E-state index contributed by atoms with van der Waals surface area (Å²) in [7, 11) is 0. The minimum absolute atomic E-state index is 0.158. The Morgan fingerprint density at radius 2 is 1.93 bits per heavy atom. The molecule has 0 radical (unpaired) electrons. The zero-order valence-electron chi connectivity index (χ0n) is 18.1. The number of nitrogens with one attached hydrogen (secondary N) is 1. The molecule has 1 aliphatic heterocycles. The lowest BCUT2D eigenvalue weighted by molar-refractivity contribution is -0.117. The molecule has 2 unspecified atom stereocenters. The first kappa shape index (κ1) is 19.8. The van der Waals surface area contributed by atoms with Gasteiger partial charge in [-0.3, -0.25) is 4.79 Å². The van der Waals surface area contributed by atoms with Crippen LogP contribution in [-0.4, -0.2) is 30.0 Å². The SMILES string of the molecule is Cc1ccc2nc(N3CC[C@H](N)C3)ccc2c1NC(=O)CC1CC2CCCC(C2)C1. The second-order valence-corrected chi connectivity index (χ2v) is 9.98. The van der Waals surface area contributed by atoms with Crippen molar-refractivity contribution >= 4 is 28.3 Å². The van der Waals surface area contributed by atoms with Crippen molar-refractivity contribution in [2.75, 3.05) is 23.3 Å². The molecule has 1 aromatic carbocycles. The number of aromatic nitrogens is 1. The van der Waals surface area contributed by atoms with Crippen molar-refractivity contribution in [3.63, 3.8) is 0 Å². The minimum Gasteiger partial charge on any atom is -0.355 e. The second-order valence-electron chi connectivity index (χ2n) is 9.98. The van der Waals surface area contributed by atoms with Crippen LogP contribution in [0.4, 0.5) is 11.5 Å². The highest BCUT2D eigenvalue weighted by Gasteiger charge is 2.32. The second kappa shape index (κ2) is 8.18. The van der Waals surface area contributed by atoms with Gasteiger partial charge >= 0.3 is 0 Å². The van der Waals surface area contributed by atoms with Gasteiger partial charge in [0.25, 0.3) is 0 Å². The van der Waals surface area contributed by atoms with Crippen LogP contribution < -0.4 is 16.0 Å². The number of pyridine rings is 1. The number of nitrogens with zero attached hydrogens (tertiary/aromatic N) is 2. The van der Waals surface area contributed by atoms with Crippen molar-refractivity contribution in [2.24, 2.45) is 23.5 Å². The molecule has 5 rings (SSSR count). The number of carbonyl (C=O) groups excluding carboxylic acids is 1. The van der Waals surface area contributed by atoms with Crippen LogP contribution in [0.25, 0.3) is 10.9 Å². The Morgan fingerprint density at radius 3 is 2.67 bits per heavy atom. The summed E-state index contributed by atoms with van der Waals surface area (Å²) in [5.41, 5.74) is 9.01. The van der Waals surface area contributed by atoms with E-state index in [0.29, 0.717) is 12.3 Å². The molecule has 3 N–H and O–H groups in total. The van der Waals surface area contributed by atoms with Gasteiger partial charge in [-0.15, -0.1) is 0 Å². The van der Waals surface area contributed by atoms with E-state index in [2.05, 4.69) is 41.4 Å². The number of hydrogen-bond acceptors (Lipinski definition) is 4. The molecule has 1 amide bonds. The topological polar surface area (TPSA) is 71.2 Å². The standard InChI is InChI=1S/C25H34N4O/c1-16-5-7-22-21(6-8-23(27-22)29-10-9-20(26)15-29)25(16)28-24(30)14-19-12-17-3-2-4-18(11-17)13-19/h5-8,17-20H,2-4,9-15,26H2,1H3,(H,28,30)/t17?,18?,19?,20-/m0/s1. The number of anilines is 2. The van der Waals surface area contributed by atoms with Gasteiger partial charge in [-0.25, -0.2) is 4.98 Å². The van der Waals surface area contributed by atoms with Gasteiger partial charge in [0.2, 0.25) is 5.91 Å². The van der Waals surface area contributed by atoms with Crippen molar-refractivity contribution in [3.05, 3.63) is 29.8 Å². The Hall–Kier alpha value is -2.14. The van der Waals surface area contributed by atoms with Gasteiger partial charge in [0.05, 0.1) is 11.2 Å². The molecule has 5 heteroatoms. The molecule has 2 aliphatic carbocycles. The number of hydrogen-bond donors (Lipinski definition) is 2. The van der Waals surface area contributed by atoms with E-state index < -0.39 is 0 Å². The van der Waals surface area contributed by atoms with Crippen molar-refractivity contribution in [3.8, 4) is 0 Å². The summed E-state index contributed by atoms with van der Waals surface area (Å²) in [6, 6.07) is 8.53. The van der Waals surface area contributed by atoms with Crippen LogP contribution >= 0.6 is 0 Å². The number of amides is 1. The largest absolute Gasteiger partial charge is 0.355 e. The molecule has 2 bridgehead atoms. The molecule has 30 heavy (non-hydrogen) atoms. The molecule has 0 spiro atoms. The van der Waals surface area contributed by atoms with Gasteiger partial charge in [0, 0.05) is 30.9 Å². The predicted molar refractivity (Wildman–Crippen MR) is 123 cm³/mol. The van der Waals surface area contributed by atoms with Gasteiger partial charge in [-0.2, -0.15) is 0 Å². The molecular formula is C25H34N4O. The van der Waals surface area contributed by atoms with Gasteiger partial charge in [0.15, 0.2) is 0 Å². The Morgan fingerprint density at radius 1 is 1.13 bits per heavy atom. The summed E-state index contributed by atoms with van der Waals surface area (Å²) in [6.07, 6.45) is 9.67. The third-order valence-electron chi connectivity index (χ3n) is 7.58. The maximum atomic E-state index is 13.0. The summed E-state index contributed by atoms with van der Waals surface area (Å²) in [5, 5.41) is 4.27. The lowest BCUT2D eigenvalue weighted by atomic mass is 9.67. The molecule has 5 nitrogen and oxygen atoms in total. The smallest absolute Gasteiger partial charge is 0.224 e. The van der Waals surface area contributed by atoms with Crippen molar-refractivity contribution in [2.45, 2.75) is 64.3 Å². The van der Waals surface area contributed by atoms with Crippen LogP contribution in [0.1, 0.15) is 56.9 Å². The number of benzene rings is 1. The lowest BCUT2D eigenvalue weighted by Gasteiger charge is -2.38. The number of carbonyl (C=O) groups is 1. The summed E-state index contributed by atoms with van der Waals surface area (Å²) in [6.45, 7) is 3.88. The Bertz CT molecular complexity index is 930. The van der Waals surface area contributed by atoms with E-state index in [1.807, 2.05) is 0 Å². The van der Waals surface area contributed by atoms with Crippen LogP contribution in [0, 0.1) is 24.7 Å². The normalized spacial score (nSPS) is 28.7. The van der Waals surface area contributed by atoms with E-state index in [9.17, 15) is 4.79 Å². The van der Waals surface area contributed by atoms with Gasteiger partial charge in [0.1, 0.15) is 5.82 Å². The van der Waals surface area contributed by atoms with E-state index in [0.717, 1.165) is 59.3 Å². The fourth-order valence-electron chi connectivity index (χ4n) is 6.13. The zero-order chi connectivity index (χ0) is 20.7. The number of rotatable bonds is 4. The molecular weight excluding hydrogens is 372 g/mol. The number of fused-ring (bicyclic) bond motifs is 3. The monoisotopic (exact) mass is 406 g/mol. The minimum atomic E-state index is 0.158. The van der Waals surface area contributed by atoms with E-state index in [1.54, 1.807) is 0 Å². The molecule has 2 saturated carbocycles.